The zero-order chi connectivity index (χ0) is 34.9. The van der Waals surface area contributed by atoms with Crippen LogP contribution in [0.25, 0.3) is 21.5 Å². The molecular formula is C46H59P. The predicted octanol–water partition coefficient (Wildman–Crippen LogP) is 12.2. The summed E-state index contributed by atoms with van der Waals surface area (Å²) in [5.41, 5.74) is 7.28. The van der Waals surface area contributed by atoms with Crippen molar-refractivity contribution in [3.63, 3.8) is 0 Å². The molecule has 0 heterocycles. The van der Waals surface area contributed by atoms with Gasteiger partial charge in [-0.25, -0.2) is 0 Å². The summed E-state index contributed by atoms with van der Waals surface area (Å²) in [6.07, 6.45) is 0. The molecule has 0 saturated carbocycles. The third-order valence-corrected chi connectivity index (χ3v) is 12.2. The average Bonchev–Trinajstić information content (AvgIpc) is 2.94. The molecule has 1 unspecified atom stereocenters. The maximum atomic E-state index is 2.62. The molecule has 0 aromatic heterocycles. The molecule has 0 nitrogen and oxygen atoms in total. The van der Waals surface area contributed by atoms with Crippen LogP contribution in [-0.2, 0) is 27.1 Å². The monoisotopic (exact) mass is 642 g/mol. The van der Waals surface area contributed by atoms with Crippen LogP contribution in [0.5, 0.6) is 0 Å². The van der Waals surface area contributed by atoms with E-state index < -0.39 is 7.92 Å². The van der Waals surface area contributed by atoms with E-state index >= 15 is 0 Å². The summed E-state index contributed by atoms with van der Waals surface area (Å²) in [5.74, 6) is 0. The Labute approximate surface area is 288 Å². The van der Waals surface area contributed by atoms with Crippen LogP contribution in [0.4, 0.5) is 0 Å². The fourth-order valence-corrected chi connectivity index (χ4v) is 9.83. The Bertz CT molecular complexity index is 1940. The molecule has 0 bridgehead atoms. The van der Waals surface area contributed by atoms with E-state index in [1.165, 1.54) is 65.3 Å². The summed E-state index contributed by atoms with van der Waals surface area (Å²) in [5, 5.41) is 9.74. The first kappa shape index (κ1) is 35.4. The van der Waals surface area contributed by atoms with Crippen LogP contribution >= 0.6 is 7.92 Å². The lowest BCUT2D eigenvalue weighted by Crippen LogP contribution is -2.33. The van der Waals surface area contributed by atoms with Gasteiger partial charge in [0.25, 0.3) is 0 Å². The van der Waals surface area contributed by atoms with Crippen molar-refractivity contribution in [2.24, 2.45) is 0 Å². The molecule has 0 aliphatic carbocycles. The zero-order valence-electron chi connectivity index (χ0n) is 32.0. The molecular weight excluding hydrogens is 583 g/mol. The van der Waals surface area contributed by atoms with Crippen molar-refractivity contribution in [1.29, 1.82) is 0 Å². The number of fused-ring (bicyclic) bond motifs is 2. The molecule has 47 heavy (non-hydrogen) atoms. The highest BCUT2D eigenvalue weighted by Gasteiger charge is 2.32. The lowest BCUT2D eigenvalue weighted by atomic mass is 9.77. The lowest BCUT2D eigenvalue weighted by molar-refractivity contribution is 0.571. The molecule has 5 aromatic carbocycles. The minimum Gasteiger partial charge on any atom is -0.0616 e. The van der Waals surface area contributed by atoms with Gasteiger partial charge in [-0.15, -0.1) is 0 Å². The Balaban J connectivity index is 1.97. The van der Waals surface area contributed by atoms with Crippen molar-refractivity contribution < 1.29 is 0 Å². The minimum absolute atomic E-state index is 0.00898. The molecule has 5 rings (SSSR count). The van der Waals surface area contributed by atoms with E-state index in [1.54, 1.807) is 0 Å². The first-order chi connectivity index (χ1) is 21.5. The van der Waals surface area contributed by atoms with Gasteiger partial charge in [-0.3, -0.25) is 0 Å². The first-order valence-corrected chi connectivity index (χ1v) is 18.9. The molecule has 5 aromatic rings. The third-order valence-electron chi connectivity index (χ3n) is 9.69. The molecule has 0 aliphatic heterocycles. The quantitative estimate of drug-likeness (QED) is 0.172. The zero-order valence-corrected chi connectivity index (χ0v) is 32.9. The van der Waals surface area contributed by atoms with Crippen LogP contribution in [0.15, 0.2) is 84.9 Å². The van der Waals surface area contributed by atoms with Crippen LogP contribution in [0.2, 0.25) is 0 Å². The molecule has 0 amide bonds. The highest BCUT2D eigenvalue weighted by atomic mass is 31.1. The van der Waals surface area contributed by atoms with Crippen LogP contribution in [0, 0.1) is 0 Å². The lowest BCUT2D eigenvalue weighted by Gasteiger charge is -2.35. The summed E-state index contributed by atoms with van der Waals surface area (Å²) < 4.78 is 0. The van der Waals surface area contributed by atoms with E-state index in [2.05, 4.69) is 189 Å². The van der Waals surface area contributed by atoms with Gasteiger partial charge in [-0.2, -0.15) is 0 Å². The maximum absolute atomic E-state index is 2.62. The van der Waals surface area contributed by atoms with Crippen LogP contribution in [0.1, 0.15) is 132 Å². The van der Waals surface area contributed by atoms with Crippen LogP contribution in [0.3, 0.4) is 0 Å². The number of hydrogen-bond acceptors (Lipinski definition) is 0. The molecule has 0 radical (unpaired) electrons. The fourth-order valence-electron chi connectivity index (χ4n) is 6.76. The molecule has 1 atom stereocenters. The van der Waals surface area contributed by atoms with Gasteiger partial charge in [0.2, 0.25) is 0 Å². The average molecular weight is 643 g/mol. The SMILES string of the molecule is CC(C)(C)c1ccc(P(c2ccc3ccccc3c2)c2cc3c(C(C)(C)C)cc(C(C)(C)C)cc3cc2C(C)(C)C)c(C(C)(C)C)c1. The summed E-state index contributed by atoms with van der Waals surface area (Å²) in [6.45, 7) is 35.5. The van der Waals surface area contributed by atoms with E-state index in [9.17, 15) is 0 Å². The highest BCUT2D eigenvalue weighted by molar-refractivity contribution is 7.80. The summed E-state index contributed by atoms with van der Waals surface area (Å²) >= 11 is 0. The van der Waals surface area contributed by atoms with E-state index in [0.29, 0.717) is 0 Å². The van der Waals surface area contributed by atoms with Crippen molar-refractivity contribution in [3.8, 4) is 0 Å². The van der Waals surface area contributed by atoms with Gasteiger partial charge < -0.3 is 0 Å². The molecule has 248 valence electrons. The second-order valence-corrected chi connectivity index (χ2v) is 21.1. The predicted molar refractivity (Wildman–Crippen MR) is 214 cm³/mol. The third kappa shape index (κ3) is 7.25. The van der Waals surface area contributed by atoms with Gasteiger partial charge in [-0.05, 0) is 118 Å². The van der Waals surface area contributed by atoms with Gasteiger partial charge in [0.05, 0.1) is 0 Å². The molecule has 0 saturated heterocycles. The smallest absolute Gasteiger partial charge is 0.0107 e. The number of rotatable bonds is 3. The Morgan fingerprint density at radius 1 is 0.362 bits per heavy atom. The van der Waals surface area contributed by atoms with Crippen molar-refractivity contribution >= 4 is 45.4 Å². The Morgan fingerprint density at radius 2 is 0.894 bits per heavy atom. The van der Waals surface area contributed by atoms with Gasteiger partial charge in [0.15, 0.2) is 0 Å². The largest absolute Gasteiger partial charge is 0.0616 e. The molecule has 1 heteroatoms. The van der Waals surface area contributed by atoms with Gasteiger partial charge in [0.1, 0.15) is 0 Å². The van der Waals surface area contributed by atoms with Gasteiger partial charge in [-0.1, -0.05) is 171 Å². The normalized spacial score (nSPS) is 14.2. The number of benzene rings is 5. The van der Waals surface area contributed by atoms with Gasteiger partial charge >= 0.3 is 0 Å². The number of hydrogen-bond donors (Lipinski definition) is 0. The minimum atomic E-state index is -0.889. The molecule has 0 N–H and O–H groups in total. The van der Waals surface area contributed by atoms with Crippen molar-refractivity contribution in [2.75, 3.05) is 0 Å². The fraction of sp³-hybridized carbons (Fsp3) is 0.435. The van der Waals surface area contributed by atoms with Crippen molar-refractivity contribution in [2.45, 2.75) is 131 Å². The van der Waals surface area contributed by atoms with E-state index in [1.807, 2.05) is 0 Å². The highest BCUT2D eigenvalue weighted by Crippen LogP contribution is 2.45. The Kier molecular flexibility index (Phi) is 8.94. The summed E-state index contributed by atoms with van der Waals surface area (Å²) in [6, 6.07) is 33.7. The molecule has 0 fully saturated rings. The van der Waals surface area contributed by atoms with E-state index in [4.69, 9.17) is 0 Å². The van der Waals surface area contributed by atoms with Gasteiger partial charge in [0, 0.05) is 0 Å². The second kappa shape index (κ2) is 11.9. The second-order valence-electron chi connectivity index (χ2n) is 19.0. The van der Waals surface area contributed by atoms with Crippen LogP contribution < -0.4 is 15.9 Å². The Hall–Kier alpha value is -2.95. The molecule has 0 aliphatic rings. The maximum Gasteiger partial charge on any atom is -0.0107 e. The molecule has 0 spiro atoms. The standard InChI is InChI=1S/C46H59P/c1-42(2,3)33-21-23-40(39(27-33)46(13,14)15)47(35-22-20-30-18-16-17-19-31(30)25-35)41-29-36-32(26-38(41)45(10,11)12)24-34(43(4,5)6)28-37(36)44(7,8)9/h16-29H,1-15H3. The van der Waals surface area contributed by atoms with E-state index in [-0.39, 0.29) is 27.1 Å². The van der Waals surface area contributed by atoms with Crippen LogP contribution in [-0.4, -0.2) is 0 Å². The van der Waals surface area contributed by atoms with E-state index in [0.717, 1.165) is 0 Å². The summed E-state index contributed by atoms with van der Waals surface area (Å²) in [7, 11) is -0.889. The first-order valence-electron chi connectivity index (χ1n) is 17.5. The van der Waals surface area contributed by atoms with Crippen molar-refractivity contribution in [3.05, 3.63) is 113 Å². The topological polar surface area (TPSA) is 0 Å². The van der Waals surface area contributed by atoms with Crippen molar-refractivity contribution in [1.82, 2.24) is 0 Å². The summed E-state index contributed by atoms with van der Waals surface area (Å²) in [4.78, 5) is 0. The Morgan fingerprint density at radius 3 is 1.45 bits per heavy atom.